The summed E-state index contributed by atoms with van der Waals surface area (Å²) in [4.78, 5) is 0. The van der Waals surface area contributed by atoms with Crippen LogP contribution in [0.1, 0.15) is 0 Å². The summed E-state index contributed by atoms with van der Waals surface area (Å²) in [7, 11) is -5.43. The van der Waals surface area contributed by atoms with Gasteiger partial charge in [-0.15, -0.1) is 0 Å². The standard InChI is InChI=1S/C76H54Si2/c1-7-22-65(23-8-1)77(66-24-9-2-10-25-66,67-26-11-3-12-27-67)71-46-40-56(41-47-71)63-52-62(55-34-36-58(37-35-55)73-50-44-61-39-38-59-20-19-21-60-45-51-74(73)76(61)75(59)60)53-64(54-63)57-42-48-72(49-43-57)78(68-28-13-4-14-29-68,69-30-15-5-16-31-69)70-32-17-6-18-33-70/h1-54H. The van der Waals surface area contributed by atoms with E-state index in [9.17, 15) is 0 Å². The zero-order chi connectivity index (χ0) is 51.9. The summed E-state index contributed by atoms with van der Waals surface area (Å²) in [5.41, 5.74) is 9.56. The fraction of sp³-hybridized carbons (Fsp3) is 0. The van der Waals surface area contributed by atoms with Crippen LogP contribution in [0.2, 0.25) is 0 Å². The Balaban J connectivity index is 0.917. The lowest BCUT2D eigenvalue weighted by molar-refractivity contribution is 1.57. The van der Waals surface area contributed by atoms with Gasteiger partial charge >= 0.3 is 0 Å². The van der Waals surface area contributed by atoms with Crippen LogP contribution in [0.4, 0.5) is 0 Å². The minimum atomic E-state index is -2.71. The topological polar surface area (TPSA) is 0 Å². The lowest BCUT2D eigenvalue weighted by Gasteiger charge is -2.34. The van der Waals surface area contributed by atoms with Crippen LogP contribution in [-0.4, -0.2) is 16.1 Å². The third-order valence-electron chi connectivity index (χ3n) is 16.5. The van der Waals surface area contributed by atoms with Crippen molar-refractivity contribution >= 4 is 90.0 Å². The van der Waals surface area contributed by atoms with Crippen LogP contribution in [0.25, 0.3) is 76.8 Å². The normalized spacial score (nSPS) is 11.8. The average molecular weight is 1020 g/mol. The molecule has 78 heavy (non-hydrogen) atoms. The van der Waals surface area contributed by atoms with Gasteiger partial charge in [-0.3, -0.25) is 0 Å². The second-order valence-electron chi connectivity index (χ2n) is 20.7. The van der Waals surface area contributed by atoms with Gasteiger partial charge in [-0.1, -0.05) is 309 Å². The van der Waals surface area contributed by atoms with Crippen LogP contribution in [0.15, 0.2) is 328 Å². The summed E-state index contributed by atoms with van der Waals surface area (Å²) >= 11 is 0. The van der Waals surface area contributed by atoms with E-state index in [2.05, 4.69) is 328 Å². The van der Waals surface area contributed by atoms with Gasteiger partial charge in [0.15, 0.2) is 16.1 Å². The van der Waals surface area contributed by atoms with E-state index in [-0.39, 0.29) is 0 Å². The molecule has 0 aliphatic rings. The smallest absolute Gasteiger partial charge is 0.0623 e. The van der Waals surface area contributed by atoms with Crippen molar-refractivity contribution in [1.82, 2.24) is 0 Å². The van der Waals surface area contributed by atoms with E-state index >= 15 is 0 Å². The van der Waals surface area contributed by atoms with Crippen LogP contribution in [0.5, 0.6) is 0 Å². The Kier molecular flexibility index (Phi) is 12.0. The van der Waals surface area contributed by atoms with Gasteiger partial charge < -0.3 is 0 Å². The highest BCUT2D eigenvalue weighted by Gasteiger charge is 2.42. The SMILES string of the molecule is c1ccc([Si](c2ccccc2)(c2ccccc2)c2ccc(-c3cc(-c4ccc(-c5ccc6ccc7cccc8ccc5c6c78)cc4)cc(-c4ccc([Si](c5ccccc5)(c5ccccc5)c5ccccc5)cc4)c3)cc2)cc1. The van der Waals surface area contributed by atoms with Gasteiger partial charge in [0.25, 0.3) is 0 Å². The maximum atomic E-state index is 2.42. The second-order valence-corrected chi connectivity index (χ2v) is 28.3. The summed E-state index contributed by atoms with van der Waals surface area (Å²) < 4.78 is 0. The van der Waals surface area contributed by atoms with Crippen molar-refractivity contribution in [3.8, 4) is 44.5 Å². The first-order chi connectivity index (χ1) is 38.7. The number of benzene rings is 14. The first-order valence-electron chi connectivity index (χ1n) is 27.1. The molecule has 0 saturated carbocycles. The zero-order valence-electron chi connectivity index (χ0n) is 43.2. The van der Waals surface area contributed by atoms with E-state index in [1.165, 1.54) is 118 Å². The monoisotopic (exact) mass is 1020 g/mol. The molecule has 0 heterocycles. The van der Waals surface area contributed by atoms with E-state index in [0.29, 0.717) is 0 Å². The minimum absolute atomic E-state index is 1.18. The van der Waals surface area contributed by atoms with Crippen molar-refractivity contribution in [3.05, 3.63) is 328 Å². The lowest BCUT2D eigenvalue weighted by atomic mass is 9.89. The van der Waals surface area contributed by atoms with Gasteiger partial charge in [0.2, 0.25) is 0 Å². The van der Waals surface area contributed by atoms with Crippen molar-refractivity contribution in [2.24, 2.45) is 0 Å². The predicted molar refractivity (Wildman–Crippen MR) is 339 cm³/mol. The van der Waals surface area contributed by atoms with E-state index < -0.39 is 16.1 Å². The summed E-state index contributed by atoms with van der Waals surface area (Å²) in [6.07, 6.45) is 0. The van der Waals surface area contributed by atoms with E-state index in [1.807, 2.05) is 0 Å². The molecule has 14 aromatic carbocycles. The van der Waals surface area contributed by atoms with Crippen LogP contribution in [0.3, 0.4) is 0 Å². The molecule has 0 bridgehead atoms. The first-order valence-corrected chi connectivity index (χ1v) is 31.1. The summed E-state index contributed by atoms with van der Waals surface area (Å²) in [6, 6.07) is 123. The highest BCUT2D eigenvalue weighted by molar-refractivity contribution is 7.20. The molecule has 2 heteroatoms. The fourth-order valence-electron chi connectivity index (χ4n) is 12.9. The maximum absolute atomic E-state index is 2.71. The average Bonchev–Trinajstić information content (AvgIpc) is 3.65. The quantitative estimate of drug-likeness (QED) is 0.0650. The van der Waals surface area contributed by atoms with Crippen LogP contribution in [-0.2, 0) is 0 Å². The van der Waals surface area contributed by atoms with Gasteiger partial charge in [-0.2, -0.15) is 0 Å². The van der Waals surface area contributed by atoms with Crippen molar-refractivity contribution in [3.63, 3.8) is 0 Å². The first kappa shape index (κ1) is 47.0. The summed E-state index contributed by atoms with van der Waals surface area (Å²) in [6.45, 7) is 0. The highest BCUT2D eigenvalue weighted by Crippen LogP contribution is 2.40. The van der Waals surface area contributed by atoms with Crippen molar-refractivity contribution in [2.45, 2.75) is 0 Å². The van der Waals surface area contributed by atoms with Gasteiger partial charge in [0.1, 0.15) is 0 Å². The molecule has 0 nitrogen and oxygen atoms in total. The van der Waals surface area contributed by atoms with E-state index in [0.717, 1.165) is 0 Å². The largest absolute Gasteiger partial charge is 0.179 e. The zero-order valence-corrected chi connectivity index (χ0v) is 45.2. The van der Waals surface area contributed by atoms with Crippen molar-refractivity contribution in [1.29, 1.82) is 0 Å². The molecule has 14 rings (SSSR count). The fourth-order valence-corrected chi connectivity index (χ4v) is 22.4. The molecule has 0 fully saturated rings. The molecule has 0 radical (unpaired) electrons. The van der Waals surface area contributed by atoms with Gasteiger partial charge in [0.05, 0.1) is 0 Å². The van der Waals surface area contributed by atoms with Gasteiger partial charge in [-0.05, 0) is 137 Å². The Labute approximate surface area is 459 Å². The van der Waals surface area contributed by atoms with Crippen molar-refractivity contribution < 1.29 is 0 Å². The number of hydrogen-bond acceptors (Lipinski definition) is 0. The molecule has 0 amide bonds. The molecule has 366 valence electrons. The Hall–Kier alpha value is -9.45. The number of hydrogen-bond donors (Lipinski definition) is 0. The molecule has 0 aliphatic carbocycles. The third kappa shape index (κ3) is 7.96. The number of rotatable bonds is 12. The second kappa shape index (κ2) is 19.9. The van der Waals surface area contributed by atoms with Gasteiger partial charge in [0, 0.05) is 0 Å². The van der Waals surface area contributed by atoms with E-state index in [4.69, 9.17) is 0 Å². The Morgan fingerprint density at radius 2 is 0.436 bits per heavy atom. The maximum Gasteiger partial charge on any atom is 0.179 e. The molecule has 0 saturated heterocycles. The van der Waals surface area contributed by atoms with Gasteiger partial charge in [-0.25, -0.2) is 0 Å². The molecule has 0 unspecified atom stereocenters. The Morgan fingerprint density at radius 1 is 0.167 bits per heavy atom. The lowest BCUT2D eigenvalue weighted by Crippen LogP contribution is -2.74. The molecule has 0 N–H and O–H groups in total. The summed E-state index contributed by atoms with van der Waals surface area (Å²) in [5.74, 6) is 0. The van der Waals surface area contributed by atoms with Crippen LogP contribution >= 0.6 is 0 Å². The molecular weight excluding hydrogens is 969 g/mol. The van der Waals surface area contributed by atoms with Crippen molar-refractivity contribution in [2.75, 3.05) is 0 Å². The Bertz CT molecular complexity index is 3960. The third-order valence-corrected chi connectivity index (χ3v) is 26.1. The molecule has 0 aliphatic heterocycles. The van der Waals surface area contributed by atoms with Crippen LogP contribution < -0.4 is 41.5 Å². The van der Waals surface area contributed by atoms with E-state index in [1.54, 1.807) is 0 Å². The Morgan fingerprint density at radius 3 is 0.782 bits per heavy atom. The summed E-state index contributed by atoms with van der Waals surface area (Å²) in [5, 5.41) is 18.7. The molecule has 0 spiro atoms. The predicted octanol–water partition coefficient (Wildman–Crippen LogP) is 14.0. The van der Waals surface area contributed by atoms with Crippen LogP contribution in [0, 0.1) is 0 Å². The molecule has 0 aromatic heterocycles. The molecule has 0 atom stereocenters. The molecular formula is C76H54Si2. The minimum Gasteiger partial charge on any atom is -0.0623 e. The molecule has 14 aromatic rings. The highest BCUT2D eigenvalue weighted by atomic mass is 28.3.